The molecule has 0 aromatic rings. The fraction of sp³-hybridized carbons (Fsp3) is 0.857. The van der Waals surface area contributed by atoms with Gasteiger partial charge in [-0.1, -0.05) is 40.0 Å². The van der Waals surface area contributed by atoms with E-state index in [4.69, 9.17) is 30.1 Å². The zero-order valence-corrected chi connectivity index (χ0v) is 23.5. The van der Waals surface area contributed by atoms with E-state index in [-0.39, 0.29) is 35.7 Å². The molecule has 0 fully saturated rings. The van der Waals surface area contributed by atoms with Gasteiger partial charge in [0, 0.05) is 19.6 Å². The van der Waals surface area contributed by atoms with E-state index in [0.29, 0.717) is 58.8 Å². The molecule has 8 nitrogen and oxygen atoms in total. The maximum Gasteiger partial charge on any atom is 0.308 e. The fourth-order valence-corrected chi connectivity index (χ4v) is 4.54. The highest BCUT2D eigenvalue weighted by molar-refractivity contribution is 5.73. The van der Waals surface area contributed by atoms with Gasteiger partial charge in [-0.25, -0.2) is 0 Å². The predicted octanol–water partition coefficient (Wildman–Crippen LogP) is 3.86. The Hall–Kier alpha value is -1.66. The van der Waals surface area contributed by atoms with Crippen molar-refractivity contribution in [2.75, 3.05) is 60.0 Å². The number of carbonyl (C=O) groups excluding carboxylic acids is 2. The zero-order chi connectivity index (χ0) is 27.2. The smallest absolute Gasteiger partial charge is 0.308 e. The van der Waals surface area contributed by atoms with Gasteiger partial charge in [-0.3, -0.25) is 9.59 Å². The molecule has 0 aliphatic heterocycles. The first kappa shape index (κ1) is 34.3. The number of terminal acetylenes is 1. The zero-order valence-electron chi connectivity index (χ0n) is 23.5. The summed E-state index contributed by atoms with van der Waals surface area (Å²) in [5.74, 6) is 2.85. The second-order valence-electron chi connectivity index (χ2n) is 9.51. The predicted molar refractivity (Wildman–Crippen MR) is 141 cm³/mol. The van der Waals surface area contributed by atoms with Crippen LogP contribution in [0.3, 0.4) is 0 Å². The van der Waals surface area contributed by atoms with Crippen LogP contribution >= 0.6 is 0 Å². The molecule has 0 aromatic heterocycles. The van der Waals surface area contributed by atoms with Crippen molar-refractivity contribution in [1.82, 2.24) is 5.32 Å². The normalized spacial score (nSPS) is 15.4. The molecule has 0 heterocycles. The van der Waals surface area contributed by atoms with Crippen LogP contribution in [0.4, 0.5) is 0 Å². The molecule has 36 heavy (non-hydrogen) atoms. The third-order valence-corrected chi connectivity index (χ3v) is 6.46. The number of esters is 1. The summed E-state index contributed by atoms with van der Waals surface area (Å²) in [6.07, 6.45) is 9.72. The number of ether oxygens (including phenoxy) is 5. The van der Waals surface area contributed by atoms with Gasteiger partial charge in [0.2, 0.25) is 5.91 Å². The Balaban J connectivity index is 4.51. The maximum atomic E-state index is 12.1. The maximum absolute atomic E-state index is 12.1. The minimum absolute atomic E-state index is 0.0134. The number of methoxy groups -OCH3 is 1. The lowest BCUT2D eigenvalue weighted by Gasteiger charge is -2.36. The monoisotopic (exact) mass is 513 g/mol. The fourth-order valence-electron chi connectivity index (χ4n) is 4.54. The van der Waals surface area contributed by atoms with Crippen molar-refractivity contribution in [2.45, 2.75) is 72.8 Å². The average Bonchev–Trinajstić information content (AvgIpc) is 2.85. The van der Waals surface area contributed by atoms with E-state index < -0.39 is 0 Å². The molecule has 5 atom stereocenters. The van der Waals surface area contributed by atoms with Crippen molar-refractivity contribution in [3.63, 3.8) is 0 Å². The van der Waals surface area contributed by atoms with Crippen molar-refractivity contribution < 1.29 is 33.3 Å². The molecule has 8 heteroatoms. The number of amides is 1. The molecule has 0 saturated heterocycles. The summed E-state index contributed by atoms with van der Waals surface area (Å²) in [5, 5.41) is 3.19. The van der Waals surface area contributed by atoms with Crippen LogP contribution in [0.2, 0.25) is 0 Å². The first-order valence-electron chi connectivity index (χ1n) is 13.4. The number of hydrogen-bond donors (Lipinski definition) is 1. The molecule has 1 amide bonds. The van der Waals surface area contributed by atoms with Crippen LogP contribution in [0.15, 0.2) is 0 Å². The van der Waals surface area contributed by atoms with Gasteiger partial charge in [-0.05, 0) is 43.4 Å². The summed E-state index contributed by atoms with van der Waals surface area (Å²) in [6.45, 7) is 14.0. The molecule has 0 radical (unpaired) electrons. The van der Waals surface area contributed by atoms with Crippen LogP contribution in [-0.2, 0) is 33.3 Å². The second-order valence-corrected chi connectivity index (χ2v) is 9.51. The van der Waals surface area contributed by atoms with Crippen molar-refractivity contribution in [3.05, 3.63) is 0 Å². The van der Waals surface area contributed by atoms with E-state index in [1.807, 2.05) is 6.92 Å². The molecule has 0 aliphatic rings. The van der Waals surface area contributed by atoms with Gasteiger partial charge in [0.25, 0.3) is 0 Å². The van der Waals surface area contributed by atoms with Gasteiger partial charge >= 0.3 is 5.97 Å². The number of rotatable bonds is 23. The summed E-state index contributed by atoms with van der Waals surface area (Å²) >= 11 is 0. The topological polar surface area (TPSA) is 92.3 Å². The number of nitrogens with one attached hydrogen (secondary N) is 1. The Morgan fingerprint density at radius 1 is 0.889 bits per heavy atom. The average molecular weight is 514 g/mol. The second kappa shape index (κ2) is 22.5. The molecule has 1 N–H and O–H groups in total. The van der Waals surface area contributed by atoms with Crippen LogP contribution in [0.5, 0.6) is 0 Å². The number of hydrogen-bond acceptors (Lipinski definition) is 7. The summed E-state index contributed by atoms with van der Waals surface area (Å²) in [4.78, 5) is 24.0. The van der Waals surface area contributed by atoms with E-state index in [1.165, 1.54) is 7.11 Å². The molecular formula is C28H51NO7. The van der Waals surface area contributed by atoms with E-state index in [1.54, 1.807) is 6.92 Å². The molecule has 0 spiro atoms. The Morgan fingerprint density at radius 3 is 1.94 bits per heavy atom. The first-order valence-corrected chi connectivity index (χ1v) is 13.4. The molecule has 0 bridgehead atoms. The Morgan fingerprint density at radius 2 is 1.44 bits per heavy atom. The summed E-state index contributed by atoms with van der Waals surface area (Å²) < 4.78 is 26.7. The molecule has 2 unspecified atom stereocenters. The van der Waals surface area contributed by atoms with Crippen LogP contribution in [0.1, 0.15) is 66.7 Å². The van der Waals surface area contributed by atoms with Crippen molar-refractivity contribution >= 4 is 11.9 Å². The van der Waals surface area contributed by atoms with Crippen LogP contribution < -0.4 is 5.32 Å². The molecule has 0 aromatic carbocycles. The van der Waals surface area contributed by atoms with Crippen molar-refractivity contribution in [1.29, 1.82) is 0 Å². The van der Waals surface area contributed by atoms with Crippen LogP contribution in [0.25, 0.3) is 0 Å². The van der Waals surface area contributed by atoms with E-state index in [9.17, 15) is 9.59 Å². The summed E-state index contributed by atoms with van der Waals surface area (Å²) in [6, 6.07) is 0.0673. The Bertz CT molecular complexity index is 607. The van der Waals surface area contributed by atoms with Gasteiger partial charge in [-0.2, -0.15) is 0 Å². The van der Waals surface area contributed by atoms with Gasteiger partial charge in [-0.15, -0.1) is 6.42 Å². The van der Waals surface area contributed by atoms with Crippen molar-refractivity contribution in [2.24, 2.45) is 23.7 Å². The highest BCUT2D eigenvalue weighted by Crippen LogP contribution is 2.32. The standard InChI is InChI=1S/C28H51NO7/c1-8-11-22(3)27(29-25(6)30)24(5)26(21-23(4)28(31)32-7)12-10-14-34-16-18-36-20-19-35-17-15-33-13-9-2/h2,22-24,26-27H,8,10-21H2,1,3-7H3,(H,29,30)/t22-,23?,24?,26-,27+/m1/s1. The third-order valence-electron chi connectivity index (χ3n) is 6.46. The molecular weight excluding hydrogens is 462 g/mol. The van der Waals surface area contributed by atoms with Gasteiger partial charge in [0.05, 0.1) is 52.7 Å². The van der Waals surface area contributed by atoms with Gasteiger partial charge in [0.15, 0.2) is 0 Å². The Kier molecular flexibility index (Phi) is 21.5. The lowest BCUT2D eigenvalue weighted by Crippen LogP contribution is -2.45. The van der Waals surface area contributed by atoms with E-state index in [0.717, 1.165) is 32.1 Å². The molecule has 210 valence electrons. The van der Waals surface area contributed by atoms with Gasteiger partial charge < -0.3 is 29.0 Å². The molecule has 0 aliphatic carbocycles. The summed E-state index contributed by atoms with van der Waals surface area (Å²) in [7, 11) is 1.43. The number of carbonyl (C=O) groups is 2. The lowest BCUT2D eigenvalue weighted by atomic mass is 9.75. The SMILES string of the molecule is C#CCOCCOCCOCCOCCC[C@H](CC(C)C(=O)OC)C(C)[C@@H](NC(C)=O)[C@H](C)CCC. The van der Waals surface area contributed by atoms with E-state index in [2.05, 4.69) is 32.0 Å². The lowest BCUT2D eigenvalue weighted by molar-refractivity contribution is -0.145. The van der Waals surface area contributed by atoms with Crippen molar-refractivity contribution in [3.8, 4) is 12.3 Å². The summed E-state index contributed by atoms with van der Waals surface area (Å²) in [5.41, 5.74) is 0. The van der Waals surface area contributed by atoms with Crippen LogP contribution in [-0.4, -0.2) is 77.9 Å². The van der Waals surface area contributed by atoms with Crippen LogP contribution in [0, 0.1) is 36.0 Å². The third kappa shape index (κ3) is 16.9. The quantitative estimate of drug-likeness (QED) is 0.126. The first-order chi connectivity index (χ1) is 17.3. The minimum atomic E-state index is -0.192. The van der Waals surface area contributed by atoms with Gasteiger partial charge in [0.1, 0.15) is 6.61 Å². The largest absolute Gasteiger partial charge is 0.469 e. The molecule has 0 saturated carbocycles. The Labute approximate surface area is 219 Å². The highest BCUT2D eigenvalue weighted by Gasteiger charge is 2.32. The van der Waals surface area contributed by atoms with E-state index >= 15 is 0 Å². The molecule has 0 rings (SSSR count). The minimum Gasteiger partial charge on any atom is -0.469 e. The highest BCUT2D eigenvalue weighted by atomic mass is 16.6.